The van der Waals surface area contributed by atoms with Gasteiger partial charge in [0, 0.05) is 18.7 Å². The maximum absolute atomic E-state index is 13.0. The molecule has 1 N–H and O–H groups in total. The third-order valence-corrected chi connectivity index (χ3v) is 6.79. The Hall–Kier alpha value is -1.31. The first-order chi connectivity index (χ1) is 10.9. The largest absolute Gasteiger partial charge is 0.482 e. The van der Waals surface area contributed by atoms with Gasteiger partial charge in [-0.25, -0.2) is 8.42 Å². The fourth-order valence-corrected chi connectivity index (χ4v) is 5.44. The summed E-state index contributed by atoms with van der Waals surface area (Å²) < 4.78 is 32.9. The zero-order valence-corrected chi connectivity index (χ0v) is 14.4. The van der Waals surface area contributed by atoms with Gasteiger partial charge in [-0.1, -0.05) is 31.4 Å². The van der Waals surface area contributed by atoms with E-state index in [0.717, 1.165) is 25.7 Å². The first-order valence-electron chi connectivity index (χ1n) is 7.71. The van der Waals surface area contributed by atoms with Crippen LogP contribution in [0.1, 0.15) is 32.6 Å². The monoisotopic (exact) mass is 358 g/mol. The van der Waals surface area contributed by atoms with Crippen molar-refractivity contribution >= 4 is 33.2 Å². The first kappa shape index (κ1) is 16.5. The SMILES string of the molecule is CCN(C1CCCC1)S(=O)(=O)c1cc2c(cc1Cl)NC(=O)CO2. The fraction of sp³-hybridized carbons (Fsp3) is 0.533. The Labute approximate surface area is 140 Å². The van der Waals surface area contributed by atoms with Gasteiger partial charge in [-0.15, -0.1) is 0 Å². The Bertz CT molecular complexity index is 729. The predicted octanol–water partition coefficient (Wildman–Crippen LogP) is 2.62. The van der Waals surface area contributed by atoms with Crippen LogP contribution in [0.15, 0.2) is 17.0 Å². The number of hydrogen-bond acceptors (Lipinski definition) is 4. The molecule has 23 heavy (non-hydrogen) atoms. The summed E-state index contributed by atoms with van der Waals surface area (Å²) in [7, 11) is -3.70. The van der Waals surface area contributed by atoms with Gasteiger partial charge in [0.05, 0.1) is 10.7 Å². The van der Waals surface area contributed by atoms with Crippen molar-refractivity contribution in [3.63, 3.8) is 0 Å². The number of rotatable bonds is 4. The van der Waals surface area contributed by atoms with Gasteiger partial charge >= 0.3 is 0 Å². The molecule has 0 radical (unpaired) electrons. The van der Waals surface area contributed by atoms with Crippen molar-refractivity contribution in [3.8, 4) is 5.75 Å². The lowest BCUT2D eigenvalue weighted by molar-refractivity contribution is -0.118. The van der Waals surface area contributed by atoms with Crippen LogP contribution in [0, 0.1) is 0 Å². The minimum Gasteiger partial charge on any atom is -0.482 e. The maximum atomic E-state index is 13.0. The molecule has 0 spiro atoms. The molecule has 6 nitrogen and oxygen atoms in total. The Morgan fingerprint density at radius 3 is 2.70 bits per heavy atom. The number of sulfonamides is 1. The van der Waals surface area contributed by atoms with Crippen LogP contribution >= 0.6 is 11.6 Å². The number of benzene rings is 1. The van der Waals surface area contributed by atoms with Crippen LogP contribution in [-0.2, 0) is 14.8 Å². The van der Waals surface area contributed by atoms with Gasteiger partial charge in [0.15, 0.2) is 6.61 Å². The van der Waals surface area contributed by atoms with Gasteiger partial charge in [-0.05, 0) is 18.9 Å². The van der Waals surface area contributed by atoms with Gasteiger partial charge in [0.1, 0.15) is 10.6 Å². The Morgan fingerprint density at radius 2 is 2.04 bits per heavy atom. The van der Waals surface area contributed by atoms with Crippen LogP contribution in [0.5, 0.6) is 5.75 Å². The van der Waals surface area contributed by atoms with Gasteiger partial charge in [-0.3, -0.25) is 4.79 Å². The molecule has 2 aliphatic rings. The molecular formula is C15H19ClN2O4S. The summed E-state index contributed by atoms with van der Waals surface area (Å²) in [5, 5.41) is 2.71. The normalized spacial score (nSPS) is 18.7. The highest BCUT2D eigenvalue weighted by atomic mass is 35.5. The van der Waals surface area contributed by atoms with Crippen molar-refractivity contribution < 1.29 is 17.9 Å². The van der Waals surface area contributed by atoms with E-state index in [4.69, 9.17) is 16.3 Å². The first-order valence-corrected chi connectivity index (χ1v) is 9.53. The highest BCUT2D eigenvalue weighted by molar-refractivity contribution is 7.89. The number of halogens is 1. The van der Waals surface area contributed by atoms with Crippen molar-refractivity contribution in [1.82, 2.24) is 4.31 Å². The van der Waals surface area contributed by atoms with Gasteiger partial charge in [0.2, 0.25) is 10.0 Å². The average Bonchev–Trinajstić information content (AvgIpc) is 3.00. The van der Waals surface area contributed by atoms with E-state index in [2.05, 4.69) is 5.32 Å². The number of anilines is 1. The number of hydrogen-bond donors (Lipinski definition) is 1. The number of nitrogens with zero attached hydrogens (tertiary/aromatic N) is 1. The topological polar surface area (TPSA) is 75.7 Å². The van der Waals surface area contributed by atoms with Crippen molar-refractivity contribution in [2.24, 2.45) is 0 Å². The molecule has 0 bridgehead atoms. The van der Waals surface area contributed by atoms with Gasteiger partial charge in [0.25, 0.3) is 5.91 Å². The predicted molar refractivity (Wildman–Crippen MR) is 87.4 cm³/mol. The molecule has 1 aliphatic carbocycles. The number of fused-ring (bicyclic) bond motifs is 1. The van der Waals surface area contributed by atoms with Crippen molar-refractivity contribution in [2.75, 3.05) is 18.5 Å². The molecule has 1 heterocycles. The molecule has 0 atom stereocenters. The van der Waals surface area contributed by atoms with Gasteiger partial charge < -0.3 is 10.1 Å². The molecule has 0 unspecified atom stereocenters. The number of ether oxygens (including phenoxy) is 1. The zero-order chi connectivity index (χ0) is 16.6. The molecule has 0 saturated heterocycles. The molecule has 126 valence electrons. The van der Waals surface area contributed by atoms with Crippen molar-refractivity contribution in [3.05, 3.63) is 17.2 Å². The molecule has 1 aliphatic heterocycles. The van der Waals surface area contributed by atoms with E-state index in [1.165, 1.54) is 16.4 Å². The summed E-state index contributed by atoms with van der Waals surface area (Å²) in [6.07, 6.45) is 3.85. The molecule has 1 fully saturated rings. The fourth-order valence-electron chi connectivity index (χ4n) is 3.22. The van der Waals surface area contributed by atoms with Crippen LogP contribution in [0.2, 0.25) is 5.02 Å². The lowest BCUT2D eigenvalue weighted by Gasteiger charge is -2.28. The lowest BCUT2D eigenvalue weighted by Crippen LogP contribution is -2.38. The Kier molecular flexibility index (Phi) is 4.53. The standard InChI is InChI=1S/C15H19ClN2O4S/c1-2-18(10-5-3-4-6-10)23(20,21)14-8-13-12(7-11(14)16)17-15(19)9-22-13/h7-8,10H,2-6,9H2,1H3,(H,17,19). The van der Waals surface area contributed by atoms with E-state index >= 15 is 0 Å². The van der Waals surface area contributed by atoms with Crippen molar-refractivity contribution in [1.29, 1.82) is 0 Å². The molecule has 1 aromatic rings. The second kappa shape index (κ2) is 6.30. The van der Waals surface area contributed by atoms with Crippen LogP contribution in [-0.4, -0.2) is 37.8 Å². The molecule has 1 saturated carbocycles. The van der Waals surface area contributed by atoms with E-state index in [-0.39, 0.29) is 28.5 Å². The van der Waals surface area contributed by atoms with Crippen molar-refractivity contribution in [2.45, 2.75) is 43.5 Å². The number of carbonyl (C=O) groups is 1. The average molecular weight is 359 g/mol. The Morgan fingerprint density at radius 1 is 1.35 bits per heavy atom. The van der Waals surface area contributed by atoms with E-state index < -0.39 is 10.0 Å². The minimum atomic E-state index is -3.70. The molecule has 3 rings (SSSR count). The molecule has 1 amide bonds. The molecule has 0 aromatic heterocycles. The maximum Gasteiger partial charge on any atom is 0.262 e. The van der Waals surface area contributed by atoms with Crippen LogP contribution in [0.25, 0.3) is 0 Å². The highest BCUT2D eigenvalue weighted by Gasteiger charge is 2.34. The molecule has 1 aromatic carbocycles. The summed E-state index contributed by atoms with van der Waals surface area (Å²) in [4.78, 5) is 11.4. The number of amides is 1. The lowest BCUT2D eigenvalue weighted by atomic mass is 10.2. The summed E-state index contributed by atoms with van der Waals surface area (Å²) in [6, 6.07) is 2.87. The quantitative estimate of drug-likeness (QED) is 0.897. The van der Waals surface area contributed by atoms with Crippen LogP contribution in [0.4, 0.5) is 5.69 Å². The van der Waals surface area contributed by atoms with E-state index in [1.54, 1.807) is 0 Å². The van der Waals surface area contributed by atoms with E-state index in [9.17, 15) is 13.2 Å². The number of nitrogens with one attached hydrogen (secondary N) is 1. The smallest absolute Gasteiger partial charge is 0.262 e. The zero-order valence-electron chi connectivity index (χ0n) is 12.8. The summed E-state index contributed by atoms with van der Waals surface area (Å²) >= 11 is 6.19. The van der Waals surface area contributed by atoms with Crippen LogP contribution in [0.3, 0.4) is 0 Å². The second-order valence-corrected chi connectivity index (χ2v) is 8.03. The summed E-state index contributed by atoms with van der Waals surface area (Å²) in [6.45, 7) is 2.10. The van der Waals surface area contributed by atoms with E-state index in [0.29, 0.717) is 18.0 Å². The second-order valence-electron chi connectivity index (χ2n) is 5.76. The number of carbonyl (C=O) groups excluding carboxylic acids is 1. The van der Waals surface area contributed by atoms with Gasteiger partial charge in [-0.2, -0.15) is 4.31 Å². The summed E-state index contributed by atoms with van der Waals surface area (Å²) in [5.41, 5.74) is 0.397. The molecular weight excluding hydrogens is 340 g/mol. The van der Waals surface area contributed by atoms with Crippen LogP contribution < -0.4 is 10.1 Å². The minimum absolute atomic E-state index is 0.0257. The third-order valence-electron chi connectivity index (χ3n) is 4.30. The Balaban J connectivity index is 2.00. The third kappa shape index (κ3) is 3.05. The summed E-state index contributed by atoms with van der Waals surface area (Å²) in [5.74, 6) is 0.0420. The molecule has 8 heteroatoms. The highest BCUT2D eigenvalue weighted by Crippen LogP contribution is 2.38. The van der Waals surface area contributed by atoms with E-state index in [1.807, 2.05) is 6.92 Å².